The number of hydrogen-bond acceptors (Lipinski definition) is 5. The second-order valence-corrected chi connectivity index (χ2v) is 12.8. The topological polar surface area (TPSA) is 77.5 Å². The molecule has 1 aromatic rings. The summed E-state index contributed by atoms with van der Waals surface area (Å²) in [6.07, 6.45) is 1.51. The van der Waals surface area contributed by atoms with Crippen LogP contribution in [0.25, 0.3) is 0 Å². The predicted molar refractivity (Wildman–Crippen MR) is 91.9 cm³/mol. The number of hydrogen-bond donors (Lipinski definition) is 0. The third-order valence-electron chi connectivity index (χ3n) is 3.20. The van der Waals surface area contributed by atoms with E-state index in [-0.39, 0.29) is 29.8 Å². The van der Waals surface area contributed by atoms with E-state index in [0.29, 0.717) is 3.57 Å². The fourth-order valence-electron chi connectivity index (χ4n) is 2.45. The molecular formula is C15H19IO5S. The summed E-state index contributed by atoms with van der Waals surface area (Å²) in [6, 6.07) is 8.78. The molecule has 0 aliphatic heterocycles. The van der Waals surface area contributed by atoms with E-state index in [9.17, 15) is 18.0 Å². The Morgan fingerprint density at radius 3 is 2.05 bits per heavy atom. The summed E-state index contributed by atoms with van der Waals surface area (Å²) in [5, 5.41) is 0. The van der Waals surface area contributed by atoms with Gasteiger partial charge in [-0.25, -0.2) is 0 Å². The molecule has 0 amide bonds. The van der Waals surface area contributed by atoms with E-state index in [2.05, 4.69) is 0 Å². The van der Waals surface area contributed by atoms with Gasteiger partial charge < -0.3 is 0 Å². The first-order valence-corrected chi connectivity index (χ1v) is 11.8. The number of ketones is 2. The van der Waals surface area contributed by atoms with E-state index in [1.165, 1.54) is 0 Å². The van der Waals surface area contributed by atoms with E-state index >= 15 is 0 Å². The molecule has 7 heteroatoms. The zero-order valence-corrected chi connectivity index (χ0v) is 15.7. The van der Waals surface area contributed by atoms with Crippen LogP contribution in [-0.4, -0.2) is 30.2 Å². The Balaban J connectivity index is 2.41. The fourth-order valence-corrected chi connectivity index (χ4v) is 9.74. The minimum absolute atomic E-state index is 0.195. The summed E-state index contributed by atoms with van der Waals surface area (Å²) in [5.74, 6) is -0.391. The summed E-state index contributed by atoms with van der Waals surface area (Å²) in [4.78, 5) is 24.9. The monoisotopic (exact) mass is 438 g/mol. The number of carbonyl (C=O) groups is 2. The number of Topliss-reactive ketones (excluding diaryl/α,β-unsaturated/α-hetero) is 2. The van der Waals surface area contributed by atoms with Crippen LogP contribution >= 0.6 is 20.2 Å². The predicted octanol–water partition coefficient (Wildman–Crippen LogP) is 2.58. The van der Waals surface area contributed by atoms with Gasteiger partial charge in [-0.1, -0.05) is 0 Å². The van der Waals surface area contributed by atoms with Crippen molar-refractivity contribution in [3.05, 3.63) is 33.9 Å². The van der Waals surface area contributed by atoms with Crippen molar-refractivity contribution in [2.75, 3.05) is 6.26 Å². The zero-order valence-electron chi connectivity index (χ0n) is 12.7. The van der Waals surface area contributed by atoms with Gasteiger partial charge in [-0.2, -0.15) is 0 Å². The molecular weight excluding hydrogens is 419 g/mol. The first-order chi connectivity index (χ1) is 10.1. The minimum atomic E-state index is -3.73. The van der Waals surface area contributed by atoms with Crippen LogP contribution in [0.3, 0.4) is 0 Å². The third-order valence-corrected chi connectivity index (χ3v) is 11.2. The number of halogens is 1. The van der Waals surface area contributed by atoms with Crippen molar-refractivity contribution in [1.29, 1.82) is 0 Å². The van der Waals surface area contributed by atoms with Crippen molar-refractivity contribution in [1.82, 2.24) is 0 Å². The van der Waals surface area contributed by atoms with Crippen LogP contribution in [0.4, 0.5) is 0 Å². The first-order valence-electron chi connectivity index (χ1n) is 6.78. The van der Waals surface area contributed by atoms with E-state index in [1.54, 1.807) is 30.3 Å². The molecule has 0 unspecified atom stereocenters. The summed E-state index contributed by atoms with van der Waals surface area (Å²) in [6.45, 7) is 3.75. The molecule has 1 saturated carbocycles. The van der Waals surface area contributed by atoms with Gasteiger partial charge in [0.15, 0.2) is 0 Å². The molecule has 0 N–H and O–H groups in total. The van der Waals surface area contributed by atoms with Crippen molar-refractivity contribution in [3.63, 3.8) is 0 Å². The van der Waals surface area contributed by atoms with Crippen molar-refractivity contribution < 1.29 is 20.5 Å². The van der Waals surface area contributed by atoms with Crippen LogP contribution in [0.1, 0.15) is 26.7 Å². The average molecular weight is 438 g/mol. The van der Waals surface area contributed by atoms with E-state index in [4.69, 9.17) is 2.51 Å². The molecule has 1 aliphatic rings. The van der Waals surface area contributed by atoms with Crippen LogP contribution in [0.2, 0.25) is 0 Å². The molecule has 2 rings (SSSR count). The summed E-state index contributed by atoms with van der Waals surface area (Å²) in [7, 11) is -3.73. The van der Waals surface area contributed by atoms with Crippen molar-refractivity contribution >= 4 is 41.9 Å². The Labute approximate surface area is 138 Å². The maximum absolute atomic E-state index is 12.5. The van der Waals surface area contributed by atoms with Crippen LogP contribution in [-0.2, 0) is 22.2 Å². The Morgan fingerprint density at radius 2 is 1.59 bits per heavy atom. The molecule has 5 nitrogen and oxygen atoms in total. The number of alkyl halides is 1. The molecule has 0 spiro atoms. The van der Waals surface area contributed by atoms with Gasteiger partial charge in [0.2, 0.25) is 0 Å². The average Bonchev–Trinajstić information content (AvgIpc) is 2.34. The van der Waals surface area contributed by atoms with Crippen LogP contribution in [0.5, 0.6) is 0 Å². The Bertz CT molecular complexity index is 661. The molecule has 0 saturated heterocycles. The van der Waals surface area contributed by atoms with Gasteiger partial charge in [0, 0.05) is 0 Å². The van der Waals surface area contributed by atoms with Gasteiger partial charge >= 0.3 is 139 Å². The Kier molecular flexibility index (Phi) is 5.08. The molecule has 22 heavy (non-hydrogen) atoms. The van der Waals surface area contributed by atoms with Crippen LogP contribution in [0.15, 0.2) is 30.3 Å². The summed E-state index contributed by atoms with van der Waals surface area (Å²) < 4.78 is 28.2. The van der Waals surface area contributed by atoms with E-state index in [0.717, 1.165) is 6.26 Å². The van der Waals surface area contributed by atoms with Crippen molar-refractivity contribution in [2.45, 2.75) is 30.6 Å². The molecule has 122 valence electrons. The second kappa shape index (κ2) is 6.37. The number of carbonyl (C=O) groups excluding carboxylic acids is 2. The molecule has 0 aromatic heterocycles. The molecule has 1 aromatic carbocycles. The molecule has 0 radical (unpaired) electrons. The summed E-state index contributed by atoms with van der Waals surface area (Å²) >= 11 is -2.97. The standard InChI is InChI=1S/C15H19IO5S/c1-15(2)9-12(17)14(13(18)10-15)16(21-22(3,19)20)11-7-5-4-6-8-11/h4-8,14H,9-10H2,1-3H3. The van der Waals surface area contributed by atoms with Gasteiger partial charge in [-0.15, -0.1) is 0 Å². The van der Waals surface area contributed by atoms with Gasteiger partial charge in [-0.3, -0.25) is 0 Å². The maximum atomic E-state index is 12.5. The summed E-state index contributed by atoms with van der Waals surface area (Å²) in [5.41, 5.74) is -0.367. The Hall–Kier alpha value is -0.800. The SMILES string of the molecule is CC1(C)CC(=O)C(I(OS(C)(=O)=O)c2ccccc2)C(=O)C1. The second-order valence-electron chi connectivity index (χ2n) is 6.15. The first kappa shape index (κ1) is 17.6. The normalized spacial score (nSPS) is 20.0. The number of rotatable bonds is 4. The number of benzene rings is 1. The van der Waals surface area contributed by atoms with Crippen LogP contribution in [0, 0.1) is 8.99 Å². The van der Waals surface area contributed by atoms with Gasteiger partial charge in [0.1, 0.15) is 0 Å². The molecule has 0 bridgehead atoms. The quantitative estimate of drug-likeness (QED) is 0.410. The zero-order chi connectivity index (χ0) is 16.5. The third kappa shape index (κ3) is 4.36. The van der Waals surface area contributed by atoms with Gasteiger partial charge in [0.05, 0.1) is 0 Å². The molecule has 0 heterocycles. The Morgan fingerprint density at radius 1 is 1.09 bits per heavy atom. The van der Waals surface area contributed by atoms with E-state index in [1.807, 2.05) is 13.8 Å². The van der Waals surface area contributed by atoms with Gasteiger partial charge in [0.25, 0.3) is 0 Å². The fraction of sp³-hybridized carbons (Fsp3) is 0.467. The molecule has 1 fully saturated rings. The molecule has 1 aliphatic carbocycles. The van der Waals surface area contributed by atoms with Crippen LogP contribution < -0.4 is 0 Å². The van der Waals surface area contributed by atoms with E-state index < -0.39 is 34.3 Å². The van der Waals surface area contributed by atoms with Gasteiger partial charge in [-0.05, 0) is 0 Å². The van der Waals surface area contributed by atoms with Crippen molar-refractivity contribution in [2.24, 2.45) is 5.41 Å². The van der Waals surface area contributed by atoms with Crippen molar-refractivity contribution in [3.8, 4) is 0 Å². The molecule has 0 atom stereocenters.